The monoisotopic (exact) mass is 888 g/mol. The summed E-state index contributed by atoms with van der Waals surface area (Å²) < 4.78 is 22.6. The fourth-order valence-electron chi connectivity index (χ4n) is 8.09. The molecule has 0 aromatic carbocycles. The maximum absolute atomic E-state index is 13.1. The number of carbonyl (C=O) groups excluding carboxylic acids is 1. The van der Waals surface area contributed by atoms with E-state index in [1.54, 1.807) is 0 Å². The normalized spacial score (nSPS) is 27.9. The molecule has 12 atom stereocenters. The van der Waals surface area contributed by atoms with Gasteiger partial charge in [-0.15, -0.1) is 0 Å². The van der Waals surface area contributed by atoms with E-state index in [1.165, 1.54) is 89.9 Å². The average Bonchev–Trinajstić information content (AvgIpc) is 3.27. The first-order valence-corrected chi connectivity index (χ1v) is 24.6. The van der Waals surface area contributed by atoms with Crippen LogP contribution in [0.25, 0.3) is 0 Å². The second-order valence-corrected chi connectivity index (χ2v) is 17.6. The molecule has 62 heavy (non-hydrogen) atoms. The molecule has 14 heteroatoms. The van der Waals surface area contributed by atoms with Gasteiger partial charge in [-0.2, -0.15) is 0 Å². The summed E-state index contributed by atoms with van der Waals surface area (Å²) in [7, 11) is 0. The predicted molar refractivity (Wildman–Crippen MR) is 240 cm³/mol. The first-order chi connectivity index (χ1) is 30.1. The van der Waals surface area contributed by atoms with E-state index >= 15 is 0 Å². The van der Waals surface area contributed by atoms with Crippen LogP contribution in [0.5, 0.6) is 0 Å². The number of unbranched alkanes of at least 4 members (excludes halogenated alkanes) is 20. The summed E-state index contributed by atoms with van der Waals surface area (Å²) in [6.45, 7) is 2.73. The van der Waals surface area contributed by atoms with Crippen LogP contribution in [0.3, 0.4) is 0 Å². The van der Waals surface area contributed by atoms with Crippen LogP contribution in [0.2, 0.25) is 0 Å². The topological polar surface area (TPSA) is 228 Å². The maximum atomic E-state index is 13.1. The van der Waals surface area contributed by atoms with Crippen LogP contribution < -0.4 is 5.32 Å². The molecule has 0 saturated carbocycles. The van der Waals surface area contributed by atoms with Crippen molar-refractivity contribution in [3.8, 4) is 0 Å². The maximum Gasteiger partial charge on any atom is 0.220 e. The van der Waals surface area contributed by atoms with Gasteiger partial charge in [-0.05, 0) is 44.9 Å². The van der Waals surface area contributed by atoms with Crippen LogP contribution in [0.1, 0.15) is 181 Å². The van der Waals surface area contributed by atoms with Gasteiger partial charge in [-0.1, -0.05) is 154 Å². The van der Waals surface area contributed by atoms with Crippen LogP contribution in [0.15, 0.2) is 24.3 Å². The molecule has 0 aliphatic carbocycles. The Kier molecular flexibility index (Phi) is 32.6. The van der Waals surface area contributed by atoms with E-state index in [1.807, 2.05) is 0 Å². The highest BCUT2D eigenvalue weighted by Gasteiger charge is 2.51. The Bertz CT molecular complexity index is 1140. The molecule has 0 aromatic heterocycles. The number of nitrogens with one attached hydrogen (secondary N) is 1. The zero-order valence-electron chi connectivity index (χ0n) is 38.4. The van der Waals surface area contributed by atoms with Crippen molar-refractivity contribution in [1.82, 2.24) is 5.32 Å². The van der Waals surface area contributed by atoms with E-state index < -0.39 is 86.8 Å². The van der Waals surface area contributed by atoms with Gasteiger partial charge in [-0.25, -0.2) is 0 Å². The van der Waals surface area contributed by atoms with Gasteiger partial charge in [0, 0.05) is 6.42 Å². The number of carbonyl (C=O) groups is 1. The summed E-state index contributed by atoms with van der Waals surface area (Å²) in [5.74, 6) is -0.217. The molecule has 0 bridgehead atoms. The zero-order chi connectivity index (χ0) is 45.4. The highest BCUT2D eigenvalue weighted by molar-refractivity contribution is 5.76. The number of hydrogen-bond donors (Lipinski definition) is 9. The van der Waals surface area contributed by atoms with E-state index in [9.17, 15) is 45.6 Å². The highest BCUT2D eigenvalue weighted by Crippen LogP contribution is 2.30. The second-order valence-electron chi connectivity index (χ2n) is 17.6. The molecule has 12 unspecified atom stereocenters. The van der Waals surface area contributed by atoms with Crippen molar-refractivity contribution in [1.29, 1.82) is 0 Å². The molecule has 2 fully saturated rings. The van der Waals surface area contributed by atoms with Gasteiger partial charge < -0.3 is 65.1 Å². The molecule has 0 aromatic rings. The summed E-state index contributed by atoms with van der Waals surface area (Å²) in [4.78, 5) is 13.1. The third-order valence-electron chi connectivity index (χ3n) is 12.2. The van der Waals surface area contributed by atoms with E-state index in [0.29, 0.717) is 12.8 Å². The van der Waals surface area contributed by atoms with Gasteiger partial charge in [0.25, 0.3) is 0 Å². The number of aliphatic hydroxyl groups excluding tert-OH is 8. The van der Waals surface area contributed by atoms with Gasteiger partial charge in [0.1, 0.15) is 48.8 Å². The predicted octanol–water partition coefficient (Wildman–Crippen LogP) is 5.77. The van der Waals surface area contributed by atoms with Gasteiger partial charge in [-0.3, -0.25) is 4.79 Å². The smallest absolute Gasteiger partial charge is 0.220 e. The number of allylic oxidation sites excluding steroid dienone is 4. The van der Waals surface area contributed by atoms with Crippen molar-refractivity contribution >= 4 is 5.91 Å². The summed E-state index contributed by atoms with van der Waals surface area (Å²) in [5, 5.41) is 86.3. The van der Waals surface area contributed by atoms with Crippen molar-refractivity contribution in [2.45, 2.75) is 254 Å². The molecule has 2 rings (SSSR count). The molecule has 2 heterocycles. The standard InChI is InChI=1S/C48H89NO13/c1-3-5-7-9-10-11-12-13-14-15-16-17-18-19-20-21-22-23-24-25-26-28-30-32-40(53)49-36(37(52)31-29-27-8-6-4-2)35-59-47-45(58)43(56)46(39(34-51)61-47)62-48-44(57)42(55)41(54)38(33-50)60-48/h12-13,15-16,36-39,41-48,50-52,54-58H,3-11,14,17-35H2,1-2H3,(H,49,53)/b13-12-,16-15-. The lowest BCUT2D eigenvalue weighted by molar-refractivity contribution is -0.359. The minimum atomic E-state index is -1.78. The molecule has 0 radical (unpaired) electrons. The molecule has 9 N–H and O–H groups in total. The van der Waals surface area contributed by atoms with Crippen molar-refractivity contribution in [3.05, 3.63) is 24.3 Å². The summed E-state index contributed by atoms with van der Waals surface area (Å²) in [5.41, 5.74) is 0. The third kappa shape index (κ3) is 23.1. The summed E-state index contributed by atoms with van der Waals surface area (Å²) >= 11 is 0. The number of amides is 1. The number of hydrogen-bond acceptors (Lipinski definition) is 13. The van der Waals surface area contributed by atoms with Crippen LogP contribution >= 0.6 is 0 Å². The van der Waals surface area contributed by atoms with Crippen molar-refractivity contribution in [2.24, 2.45) is 0 Å². The third-order valence-corrected chi connectivity index (χ3v) is 12.2. The Hall–Kier alpha value is -1.53. The SMILES string of the molecule is CCCCCCC/C=C\C/C=C\CCCCCCCCCCCCCC(=O)NC(COC1OC(CO)C(OC2OC(CO)C(O)C(O)C2O)C(O)C1O)C(O)CCCCCCC. The van der Waals surface area contributed by atoms with E-state index in [0.717, 1.165) is 64.2 Å². The van der Waals surface area contributed by atoms with Crippen LogP contribution in [-0.4, -0.2) is 140 Å². The van der Waals surface area contributed by atoms with Gasteiger partial charge in [0.15, 0.2) is 12.6 Å². The minimum Gasteiger partial charge on any atom is -0.394 e. The molecule has 0 spiro atoms. The highest BCUT2D eigenvalue weighted by atomic mass is 16.7. The molecular weight excluding hydrogens is 799 g/mol. The molecule has 2 aliphatic heterocycles. The Labute approximate surface area is 373 Å². The van der Waals surface area contributed by atoms with E-state index in [4.69, 9.17) is 18.9 Å². The largest absolute Gasteiger partial charge is 0.394 e. The fourth-order valence-corrected chi connectivity index (χ4v) is 8.09. The average molecular weight is 888 g/mol. The van der Waals surface area contributed by atoms with Crippen molar-refractivity contribution in [2.75, 3.05) is 19.8 Å². The Balaban J connectivity index is 1.69. The molecule has 2 saturated heterocycles. The Morgan fingerprint density at radius 3 is 1.61 bits per heavy atom. The van der Waals surface area contributed by atoms with Gasteiger partial charge >= 0.3 is 0 Å². The van der Waals surface area contributed by atoms with E-state index in [2.05, 4.69) is 43.5 Å². The molecule has 364 valence electrons. The fraction of sp³-hybridized carbons (Fsp3) is 0.896. The Morgan fingerprint density at radius 2 is 1.06 bits per heavy atom. The summed E-state index contributed by atoms with van der Waals surface area (Å²) in [6.07, 6.45) is 21.1. The zero-order valence-corrected chi connectivity index (χ0v) is 38.4. The lowest BCUT2D eigenvalue weighted by atomic mass is 9.97. The van der Waals surface area contributed by atoms with Crippen LogP contribution in [0.4, 0.5) is 0 Å². The van der Waals surface area contributed by atoms with Crippen LogP contribution in [0, 0.1) is 0 Å². The van der Waals surface area contributed by atoms with Crippen molar-refractivity contribution in [3.63, 3.8) is 0 Å². The molecule has 14 nitrogen and oxygen atoms in total. The molecular formula is C48H89NO13. The molecule has 2 aliphatic rings. The lowest BCUT2D eigenvalue weighted by Crippen LogP contribution is -2.65. The summed E-state index contributed by atoms with van der Waals surface area (Å²) in [6, 6.07) is -0.823. The minimum absolute atomic E-state index is 0.217. The first-order valence-electron chi connectivity index (χ1n) is 24.6. The molecule has 1 amide bonds. The van der Waals surface area contributed by atoms with Gasteiger partial charge in [0.2, 0.25) is 5.91 Å². The second kappa shape index (κ2) is 35.7. The Morgan fingerprint density at radius 1 is 0.581 bits per heavy atom. The number of aliphatic hydroxyl groups is 8. The van der Waals surface area contributed by atoms with Crippen LogP contribution in [-0.2, 0) is 23.7 Å². The van der Waals surface area contributed by atoms with Crippen molar-refractivity contribution < 1.29 is 64.6 Å². The van der Waals surface area contributed by atoms with E-state index in [-0.39, 0.29) is 12.5 Å². The number of rotatable bonds is 37. The van der Waals surface area contributed by atoms with Gasteiger partial charge in [0.05, 0.1) is 32.0 Å². The quantitative estimate of drug-likeness (QED) is 0.0267. The number of ether oxygens (including phenoxy) is 4. The lowest BCUT2D eigenvalue weighted by Gasteiger charge is -2.46. The first kappa shape index (κ1) is 56.6.